The summed E-state index contributed by atoms with van der Waals surface area (Å²) >= 11 is 0. The number of hydrogen-bond donors (Lipinski definition) is 2. The number of nitrogens with zero attached hydrogens (tertiary/aromatic N) is 2. The van der Waals surface area contributed by atoms with Gasteiger partial charge in [-0.25, -0.2) is 4.99 Å². The van der Waals surface area contributed by atoms with Crippen molar-refractivity contribution in [2.45, 2.75) is 31.8 Å². The first-order valence-corrected chi connectivity index (χ1v) is 7.88. The molecule has 0 aliphatic carbocycles. The van der Waals surface area contributed by atoms with Gasteiger partial charge in [0.25, 0.3) is 0 Å². The van der Waals surface area contributed by atoms with E-state index in [0.29, 0.717) is 25.7 Å². The third kappa shape index (κ3) is 8.16. The molecule has 1 rings (SSSR count). The predicted molar refractivity (Wildman–Crippen MR) is 103 cm³/mol. The van der Waals surface area contributed by atoms with Crippen molar-refractivity contribution in [2.24, 2.45) is 4.99 Å². The first kappa shape index (κ1) is 22.4. The monoisotopic (exact) mass is 442 g/mol. The zero-order chi connectivity index (χ0) is 16.4. The maximum atomic E-state index is 11.7. The van der Waals surface area contributed by atoms with Crippen molar-refractivity contribution in [1.82, 2.24) is 15.5 Å². The summed E-state index contributed by atoms with van der Waals surface area (Å²) in [7, 11) is 5.19. The Hall–Kier alpha value is -0.610. The molecule has 1 aliphatic heterocycles. The van der Waals surface area contributed by atoms with E-state index < -0.39 is 0 Å². The maximum Gasteiger partial charge on any atom is 0.243 e. The van der Waals surface area contributed by atoms with Crippen LogP contribution in [0.1, 0.15) is 26.2 Å². The Morgan fingerprint density at radius 2 is 1.96 bits per heavy atom. The van der Waals surface area contributed by atoms with E-state index in [1.807, 2.05) is 0 Å². The molecule has 1 aliphatic rings. The Balaban J connectivity index is 0.00000484. The van der Waals surface area contributed by atoms with E-state index in [9.17, 15) is 4.79 Å². The van der Waals surface area contributed by atoms with Crippen LogP contribution in [0.3, 0.4) is 0 Å². The topological polar surface area (TPSA) is 75.2 Å². The van der Waals surface area contributed by atoms with Crippen LogP contribution in [0.4, 0.5) is 0 Å². The molecule has 1 saturated heterocycles. The zero-order valence-electron chi connectivity index (χ0n) is 14.7. The predicted octanol–water partition coefficient (Wildman–Crippen LogP) is 0.833. The Kier molecular flexibility index (Phi) is 11.5. The maximum absolute atomic E-state index is 11.7. The fourth-order valence-electron chi connectivity index (χ4n) is 2.15. The molecular weight excluding hydrogens is 411 g/mol. The summed E-state index contributed by atoms with van der Waals surface area (Å²) in [5.74, 6) is 0.630. The largest absolute Gasteiger partial charge is 0.381 e. The molecule has 0 spiro atoms. The standard InChI is InChI=1S/C15H30N4O3.HI/c1-5-8-16-14(17-11-13(20)19(2)3)18-12-15(21-4)6-9-22-10-7-15;/h5-12H2,1-4H3,(H2,16,17,18);1H. The van der Waals surface area contributed by atoms with Gasteiger partial charge in [-0.3, -0.25) is 4.79 Å². The van der Waals surface area contributed by atoms with Crippen LogP contribution in [0.5, 0.6) is 0 Å². The van der Waals surface area contributed by atoms with Crippen molar-refractivity contribution in [3.63, 3.8) is 0 Å². The third-order valence-electron chi connectivity index (χ3n) is 3.83. The second-order valence-corrected chi connectivity index (χ2v) is 5.73. The van der Waals surface area contributed by atoms with Crippen LogP contribution < -0.4 is 10.6 Å². The van der Waals surface area contributed by atoms with Crippen LogP contribution in [-0.2, 0) is 14.3 Å². The molecule has 1 fully saturated rings. The highest BCUT2D eigenvalue weighted by Gasteiger charge is 2.32. The summed E-state index contributed by atoms with van der Waals surface area (Å²) < 4.78 is 11.1. The lowest BCUT2D eigenvalue weighted by molar-refractivity contribution is -0.127. The second-order valence-electron chi connectivity index (χ2n) is 5.73. The Morgan fingerprint density at radius 1 is 1.30 bits per heavy atom. The van der Waals surface area contributed by atoms with Gasteiger partial charge in [-0.15, -0.1) is 24.0 Å². The number of guanidine groups is 1. The lowest BCUT2D eigenvalue weighted by Crippen LogP contribution is -2.51. The smallest absolute Gasteiger partial charge is 0.243 e. The Labute approximate surface area is 156 Å². The van der Waals surface area contributed by atoms with Gasteiger partial charge in [0.2, 0.25) is 5.91 Å². The molecule has 0 aromatic carbocycles. The number of likely N-dealkylation sites (N-methyl/N-ethyl adjacent to an activating group) is 1. The highest BCUT2D eigenvalue weighted by Crippen LogP contribution is 2.23. The molecule has 1 heterocycles. The Bertz CT molecular complexity index is 372. The van der Waals surface area contributed by atoms with E-state index in [4.69, 9.17) is 9.47 Å². The van der Waals surface area contributed by atoms with Crippen molar-refractivity contribution in [2.75, 3.05) is 54.1 Å². The number of methoxy groups -OCH3 is 1. The van der Waals surface area contributed by atoms with Gasteiger partial charge in [0, 0.05) is 60.4 Å². The third-order valence-corrected chi connectivity index (χ3v) is 3.83. The first-order valence-electron chi connectivity index (χ1n) is 7.88. The molecule has 0 unspecified atom stereocenters. The minimum absolute atomic E-state index is 0. The summed E-state index contributed by atoms with van der Waals surface area (Å²) in [5.41, 5.74) is -0.224. The molecule has 0 aromatic rings. The average molecular weight is 442 g/mol. The molecule has 0 bridgehead atoms. The number of rotatable bonds is 7. The van der Waals surface area contributed by atoms with Gasteiger partial charge < -0.3 is 25.0 Å². The van der Waals surface area contributed by atoms with Crippen LogP contribution in [-0.4, -0.2) is 76.4 Å². The summed E-state index contributed by atoms with van der Waals surface area (Å²) in [6, 6.07) is 0. The van der Waals surface area contributed by atoms with Gasteiger partial charge >= 0.3 is 0 Å². The van der Waals surface area contributed by atoms with E-state index in [0.717, 1.165) is 25.8 Å². The van der Waals surface area contributed by atoms with Crippen LogP contribution in [0.25, 0.3) is 0 Å². The van der Waals surface area contributed by atoms with Crippen molar-refractivity contribution in [3.8, 4) is 0 Å². The number of halogens is 1. The minimum Gasteiger partial charge on any atom is -0.381 e. The summed E-state index contributed by atoms with van der Waals surface area (Å²) in [6.45, 7) is 5.11. The molecule has 0 radical (unpaired) electrons. The number of carbonyl (C=O) groups is 1. The van der Waals surface area contributed by atoms with Crippen molar-refractivity contribution >= 4 is 35.8 Å². The van der Waals surface area contributed by atoms with Crippen LogP contribution in [0.2, 0.25) is 0 Å². The molecule has 0 aromatic heterocycles. The Morgan fingerprint density at radius 3 is 2.48 bits per heavy atom. The van der Waals surface area contributed by atoms with E-state index in [1.165, 1.54) is 4.90 Å². The van der Waals surface area contributed by atoms with Crippen molar-refractivity contribution < 1.29 is 14.3 Å². The van der Waals surface area contributed by atoms with Gasteiger partial charge in [-0.1, -0.05) is 6.92 Å². The number of aliphatic imine (C=N–C) groups is 1. The molecule has 7 nitrogen and oxygen atoms in total. The second kappa shape index (κ2) is 11.9. The van der Waals surface area contributed by atoms with Gasteiger partial charge in [-0.2, -0.15) is 0 Å². The lowest BCUT2D eigenvalue weighted by Gasteiger charge is -2.36. The summed E-state index contributed by atoms with van der Waals surface area (Å²) in [4.78, 5) is 17.6. The van der Waals surface area contributed by atoms with Crippen LogP contribution in [0.15, 0.2) is 4.99 Å². The quantitative estimate of drug-likeness (QED) is 0.347. The average Bonchev–Trinajstić information content (AvgIpc) is 2.54. The number of amides is 1. The highest BCUT2D eigenvalue weighted by molar-refractivity contribution is 14.0. The lowest BCUT2D eigenvalue weighted by atomic mass is 9.94. The summed E-state index contributed by atoms with van der Waals surface area (Å²) in [6.07, 6.45) is 2.70. The van der Waals surface area contributed by atoms with Gasteiger partial charge in [0.05, 0.1) is 5.60 Å². The minimum atomic E-state index is -0.224. The molecule has 1 amide bonds. The normalized spacial score (nSPS) is 17.1. The number of carbonyl (C=O) groups excluding carboxylic acids is 1. The number of hydrogen-bond acceptors (Lipinski definition) is 4. The van der Waals surface area contributed by atoms with Gasteiger partial charge in [-0.05, 0) is 6.42 Å². The number of ether oxygens (including phenoxy) is 2. The molecule has 23 heavy (non-hydrogen) atoms. The molecule has 8 heteroatoms. The summed E-state index contributed by atoms with van der Waals surface area (Å²) in [5, 5.41) is 6.52. The van der Waals surface area contributed by atoms with Gasteiger partial charge in [0.1, 0.15) is 6.54 Å². The molecule has 2 N–H and O–H groups in total. The molecule has 0 saturated carbocycles. The van der Waals surface area contributed by atoms with E-state index in [1.54, 1.807) is 21.2 Å². The van der Waals surface area contributed by atoms with Crippen LogP contribution in [0, 0.1) is 0 Å². The molecule has 136 valence electrons. The number of nitrogens with one attached hydrogen (secondary N) is 2. The van der Waals surface area contributed by atoms with Crippen molar-refractivity contribution in [3.05, 3.63) is 0 Å². The van der Waals surface area contributed by atoms with E-state index in [-0.39, 0.29) is 42.0 Å². The van der Waals surface area contributed by atoms with E-state index >= 15 is 0 Å². The first-order chi connectivity index (χ1) is 10.5. The fraction of sp³-hybridized carbons (Fsp3) is 0.867. The zero-order valence-corrected chi connectivity index (χ0v) is 17.0. The fourth-order valence-corrected chi connectivity index (χ4v) is 2.15. The highest BCUT2D eigenvalue weighted by atomic mass is 127. The molecular formula is C15H31IN4O3. The van der Waals surface area contributed by atoms with E-state index in [2.05, 4.69) is 22.5 Å². The van der Waals surface area contributed by atoms with Gasteiger partial charge in [0.15, 0.2) is 5.96 Å². The van der Waals surface area contributed by atoms with Crippen molar-refractivity contribution in [1.29, 1.82) is 0 Å². The molecule has 0 atom stereocenters. The van der Waals surface area contributed by atoms with Crippen LogP contribution >= 0.6 is 24.0 Å². The SMILES string of the molecule is CCCNC(=NCC(=O)N(C)C)NCC1(OC)CCOCC1.I.